The molecule has 1 aliphatic heterocycles. The van der Waals surface area contributed by atoms with Crippen molar-refractivity contribution in [3.63, 3.8) is 0 Å². The number of nitrogens with one attached hydrogen (secondary N) is 2. The van der Waals surface area contributed by atoms with E-state index in [4.69, 9.17) is 4.74 Å². The van der Waals surface area contributed by atoms with Gasteiger partial charge in [0.25, 0.3) is 11.5 Å². The molecule has 0 fully saturated rings. The molecule has 4 rings (SSSR count). The number of hydrogen-bond acceptors (Lipinski definition) is 6. The van der Waals surface area contributed by atoms with Crippen LogP contribution in [0.2, 0.25) is 0 Å². The molecule has 3 aromatic rings. The van der Waals surface area contributed by atoms with Crippen LogP contribution in [0.15, 0.2) is 71.6 Å². The normalized spacial score (nSPS) is 18.7. The van der Waals surface area contributed by atoms with E-state index < -0.39 is 57.2 Å². The first kappa shape index (κ1) is 33.2. The fourth-order valence-electron chi connectivity index (χ4n) is 4.69. The van der Waals surface area contributed by atoms with Gasteiger partial charge in [0.2, 0.25) is 10.0 Å². The zero-order chi connectivity index (χ0) is 32.9. The standard InChI is InChI=1S/C29H28F6N2O6S/c1-4-16-5-12-20(13-6-16)44(41,42)37-23-21-15-17(7-14-22(21)43-26(2,3)24(23)38)25(39)36-19-10-8-18(9-11-19)27(40,28(30,31)32)29(33,34)35/h5-15,23-24,37-38,40H,4H2,1-3H3,(H,36,39)/t23-,24+/m1/s1. The monoisotopic (exact) mass is 646 g/mol. The van der Waals surface area contributed by atoms with Gasteiger partial charge >= 0.3 is 12.4 Å². The minimum Gasteiger partial charge on any atom is -0.485 e. The van der Waals surface area contributed by atoms with Gasteiger partial charge in [0.15, 0.2) is 0 Å². The van der Waals surface area contributed by atoms with Crippen LogP contribution in [0.25, 0.3) is 0 Å². The van der Waals surface area contributed by atoms with E-state index in [1.54, 1.807) is 26.0 Å². The number of carbonyl (C=O) groups is 1. The van der Waals surface area contributed by atoms with E-state index in [-0.39, 0.29) is 27.5 Å². The number of sulfonamides is 1. The Morgan fingerprint density at radius 1 is 0.932 bits per heavy atom. The maximum atomic E-state index is 13.2. The van der Waals surface area contributed by atoms with Crippen molar-refractivity contribution in [3.8, 4) is 5.75 Å². The Labute approximate surface area is 248 Å². The van der Waals surface area contributed by atoms with Crippen LogP contribution in [0.4, 0.5) is 32.0 Å². The second-order valence-corrected chi connectivity index (χ2v) is 12.5. The molecule has 0 saturated carbocycles. The summed E-state index contributed by atoms with van der Waals surface area (Å²) in [6, 6.07) is 11.0. The molecule has 1 heterocycles. The molecular weight excluding hydrogens is 618 g/mol. The number of alkyl halides is 6. The van der Waals surface area contributed by atoms with Crippen molar-refractivity contribution in [2.75, 3.05) is 5.32 Å². The molecule has 0 unspecified atom stereocenters. The van der Waals surface area contributed by atoms with Crippen LogP contribution in [0, 0.1) is 0 Å². The van der Waals surface area contributed by atoms with Crippen molar-refractivity contribution in [1.82, 2.24) is 4.72 Å². The lowest BCUT2D eigenvalue weighted by Crippen LogP contribution is -2.53. The van der Waals surface area contributed by atoms with Crippen LogP contribution in [0.3, 0.4) is 0 Å². The van der Waals surface area contributed by atoms with E-state index in [2.05, 4.69) is 10.0 Å². The Morgan fingerprint density at radius 3 is 2.02 bits per heavy atom. The lowest BCUT2D eigenvalue weighted by Gasteiger charge is -2.42. The highest BCUT2D eigenvalue weighted by Crippen LogP contribution is 2.50. The van der Waals surface area contributed by atoms with Crippen molar-refractivity contribution in [2.45, 2.75) is 67.8 Å². The van der Waals surface area contributed by atoms with Gasteiger partial charge in [0.1, 0.15) is 17.5 Å². The Balaban J connectivity index is 1.63. The van der Waals surface area contributed by atoms with Crippen LogP contribution in [0.1, 0.15) is 53.9 Å². The van der Waals surface area contributed by atoms with Crippen molar-refractivity contribution >= 4 is 21.6 Å². The second kappa shape index (κ2) is 11.4. The predicted octanol–water partition coefficient (Wildman–Crippen LogP) is 5.37. The number of halogens is 6. The van der Waals surface area contributed by atoms with Crippen molar-refractivity contribution < 1.29 is 54.5 Å². The van der Waals surface area contributed by atoms with Crippen molar-refractivity contribution in [3.05, 3.63) is 89.0 Å². The number of fused-ring (bicyclic) bond motifs is 1. The minimum atomic E-state index is -6.07. The van der Waals surface area contributed by atoms with Gasteiger partial charge < -0.3 is 20.3 Å². The van der Waals surface area contributed by atoms with E-state index in [0.717, 1.165) is 17.7 Å². The maximum absolute atomic E-state index is 13.2. The zero-order valence-electron chi connectivity index (χ0n) is 23.4. The highest BCUT2D eigenvalue weighted by molar-refractivity contribution is 7.89. The number of anilines is 1. The highest BCUT2D eigenvalue weighted by Gasteiger charge is 2.71. The number of aryl methyl sites for hydroxylation is 1. The topological polar surface area (TPSA) is 125 Å². The molecule has 15 heteroatoms. The summed E-state index contributed by atoms with van der Waals surface area (Å²) in [5, 5.41) is 23.0. The zero-order valence-corrected chi connectivity index (χ0v) is 24.2. The number of aliphatic hydroxyl groups excluding tert-OH is 1. The SMILES string of the molecule is CCc1ccc(S(=O)(=O)N[C@@H]2c3cc(C(=O)Nc4ccc(C(O)(C(F)(F)F)C(F)(F)F)cc4)ccc3OC(C)(C)[C@H]2O)cc1. The molecule has 0 aliphatic carbocycles. The van der Waals surface area contributed by atoms with Gasteiger partial charge in [0.05, 0.1) is 10.9 Å². The summed E-state index contributed by atoms with van der Waals surface area (Å²) in [5.74, 6) is -0.702. The Bertz CT molecular complexity index is 1620. The third-order valence-corrected chi connectivity index (χ3v) is 8.77. The van der Waals surface area contributed by atoms with E-state index in [1.165, 1.54) is 30.3 Å². The molecule has 2 atom stereocenters. The molecular formula is C29H28F6N2O6S. The molecule has 3 aromatic carbocycles. The van der Waals surface area contributed by atoms with Gasteiger partial charge in [-0.15, -0.1) is 0 Å². The number of ether oxygens (including phenoxy) is 1. The van der Waals surface area contributed by atoms with Gasteiger partial charge in [-0.2, -0.15) is 26.3 Å². The average Bonchev–Trinajstić information content (AvgIpc) is 2.94. The number of benzene rings is 3. The smallest absolute Gasteiger partial charge is 0.430 e. The van der Waals surface area contributed by atoms with Gasteiger partial charge in [-0.05, 0) is 68.3 Å². The average molecular weight is 647 g/mol. The molecule has 238 valence electrons. The number of hydrogen-bond donors (Lipinski definition) is 4. The molecule has 0 radical (unpaired) electrons. The van der Waals surface area contributed by atoms with E-state index in [0.29, 0.717) is 18.6 Å². The molecule has 0 aromatic heterocycles. The van der Waals surface area contributed by atoms with Gasteiger partial charge in [-0.3, -0.25) is 4.79 Å². The number of amides is 1. The summed E-state index contributed by atoms with van der Waals surface area (Å²) in [6.45, 7) is 4.99. The third-order valence-electron chi connectivity index (χ3n) is 7.31. The first-order valence-electron chi connectivity index (χ1n) is 13.1. The molecule has 8 nitrogen and oxygen atoms in total. The Morgan fingerprint density at radius 2 is 1.50 bits per heavy atom. The first-order chi connectivity index (χ1) is 20.2. The lowest BCUT2D eigenvalue weighted by atomic mass is 9.86. The fourth-order valence-corrected chi connectivity index (χ4v) is 5.92. The van der Waals surface area contributed by atoms with Gasteiger partial charge in [-0.1, -0.05) is 31.2 Å². The number of rotatable bonds is 7. The summed E-state index contributed by atoms with van der Waals surface area (Å²) < 4.78 is 114. The maximum Gasteiger partial charge on any atom is 0.430 e. The quantitative estimate of drug-likeness (QED) is 0.256. The summed E-state index contributed by atoms with van der Waals surface area (Å²) in [6.07, 6.45) is -12.9. The highest BCUT2D eigenvalue weighted by atomic mass is 32.2. The van der Waals surface area contributed by atoms with E-state index in [9.17, 15) is 49.8 Å². The number of carbonyl (C=O) groups excluding carboxylic acids is 1. The summed E-state index contributed by atoms with van der Waals surface area (Å²) in [7, 11) is -4.18. The van der Waals surface area contributed by atoms with Crippen molar-refractivity contribution in [1.29, 1.82) is 0 Å². The molecule has 4 N–H and O–H groups in total. The first-order valence-corrected chi connectivity index (χ1v) is 14.6. The molecule has 1 aliphatic rings. The van der Waals surface area contributed by atoms with E-state index >= 15 is 0 Å². The fraction of sp³-hybridized carbons (Fsp3) is 0.345. The summed E-state index contributed by atoms with van der Waals surface area (Å²) in [5.41, 5.74) is -7.17. The predicted molar refractivity (Wildman–Crippen MR) is 146 cm³/mol. The van der Waals surface area contributed by atoms with Crippen LogP contribution in [0.5, 0.6) is 5.75 Å². The summed E-state index contributed by atoms with van der Waals surface area (Å²) in [4.78, 5) is 13.0. The Kier molecular flexibility index (Phi) is 8.58. The van der Waals surface area contributed by atoms with Crippen LogP contribution in [-0.2, 0) is 22.0 Å². The molecule has 0 bridgehead atoms. The second-order valence-electron chi connectivity index (χ2n) is 10.7. The lowest BCUT2D eigenvalue weighted by molar-refractivity contribution is -0.376. The Hall–Kier alpha value is -3.66. The van der Waals surface area contributed by atoms with Crippen LogP contribution >= 0.6 is 0 Å². The third kappa shape index (κ3) is 6.14. The van der Waals surface area contributed by atoms with Gasteiger partial charge in [-0.25, -0.2) is 13.1 Å². The van der Waals surface area contributed by atoms with Gasteiger partial charge in [0, 0.05) is 22.4 Å². The minimum absolute atomic E-state index is 0.0620. The summed E-state index contributed by atoms with van der Waals surface area (Å²) >= 11 is 0. The molecule has 44 heavy (non-hydrogen) atoms. The van der Waals surface area contributed by atoms with E-state index in [1.807, 2.05) is 6.92 Å². The largest absolute Gasteiger partial charge is 0.485 e. The molecule has 1 amide bonds. The van der Waals surface area contributed by atoms with Crippen LogP contribution < -0.4 is 14.8 Å². The number of aliphatic hydroxyl groups is 2. The van der Waals surface area contributed by atoms with Crippen molar-refractivity contribution in [2.24, 2.45) is 0 Å². The molecule has 0 saturated heterocycles. The van der Waals surface area contributed by atoms with Crippen LogP contribution in [-0.4, -0.2) is 48.6 Å². The molecule has 0 spiro atoms.